The molecule has 1 aromatic rings. The molecule has 0 unspecified atom stereocenters. The molecule has 1 fully saturated rings. The fourth-order valence-corrected chi connectivity index (χ4v) is 1.79. The SMILES string of the molecule is CCOC1CC(NC(=O)c2ccc(=O)[nH]n2)C1. The van der Waals surface area contributed by atoms with Crippen LogP contribution in [-0.4, -0.2) is 34.9 Å². The third-order valence-corrected chi connectivity index (χ3v) is 2.74. The lowest BCUT2D eigenvalue weighted by Gasteiger charge is -2.35. The molecule has 0 saturated heterocycles. The van der Waals surface area contributed by atoms with E-state index in [9.17, 15) is 9.59 Å². The molecule has 1 heterocycles. The van der Waals surface area contributed by atoms with Crippen LogP contribution in [0.15, 0.2) is 16.9 Å². The predicted octanol–water partition coefficient (Wildman–Crippen LogP) is 0.0672. The fourth-order valence-electron chi connectivity index (χ4n) is 1.79. The van der Waals surface area contributed by atoms with Gasteiger partial charge in [0.15, 0.2) is 0 Å². The van der Waals surface area contributed by atoms with Gasteiger partial charge in [-0.3, -0.25) is 9.59 Å². The molecule has 0 bridgehead atoms. The maximum atomic E-state index is 11.7. The standard InChI is InChI=1S/C11H15N3O3/c1-2-17-8-5-7(6-8)12-11(16)9-3-4-10(15)14-13-9/h3-4,7-8H,2,5-6H2,1H3,(H,12,16)(H,14,15). The Morgan fingerprint density at radius 1 is 1.59 bits per heavy atom. The van der Waals surface area contributed by atoms with Crippen LogP contribution >= 0.6 is 0 Å². The number of carbonyl (C=O) groups is 1. The molecule has 1 amide bonds. The number of H-pyrrole nitrogens is 1. The summed E-state index contributed by atoms with van der Waals surface area (Å²) in [7, 11) is 0. The van der Waals surface area contributed by atoms with Crippen molar-refractivity contribution in [2.24, 2.45) is 0 Å². The van der Waals surface area contributed by atoms with Gasteiger partial charge >= 0.3 is 0 Å². The molecule has 6 heteroatoms. The maximum absolute atomic E-state index is 11.7. The molecule has 0 spiro atoms. The van der Waals surface area contributed by atoms with Gasteiger partial charge in [-0.05, 0) is 25.8 Å². The lowest BCUT2D eigenvalue weighted by atomic mass is 9.89. The zero-order valence-electron chi connectivity index (χ0n) is 9.60. The monoisotopic (exact) mass is 237 g/mol. The van der Waals surface area contributed by atoms with E-state index in [1.54, 1.807) is 0 Å². The fraction of sp³-hybridized carbons (Fsp3) is 0.545. The number of nitrogens with zero attached hydrogens (tertiary/aromatic N) is 1. The van der Waals surface area contributed by atoms with Crippen molar-refractivity contribution in [1.29, 1.82) is 0 Å². The van der Waals surface area contributed by atoms with Gasteiger partial charge in [0.05, 0.1) is 6.10 Å². The summed E-state index contributed by atoms with van der Waals surface area (Å²) in [4.78, 5) is 22.5. The number of hydrogen-bond donors (Lipinski definition) is 2. The first-order valence-electron chi connectivity index (χ1n) is 5.67. The Kier molecular flexibility index (Phi) is 3.53. The number of carbonyl (C=O) groups excluding carboxylic acids is 1. The van der Waals surface area contributed by atoms with E-state index >= 15 is 0 Å². The molecule has 2 rings (SSSR count). The van der Waals surface area contributed by atoms with Crippen molar-refractivity contribution < 1.29 is 9.53 Å². The number of aromatic nitrogens is 2. The molecule has 1 aliphatic carbocycles. The first-order chi connectivity index (χ1) is 8.19. The van der Waals surface area contributed by atoms with Gasteiger partial charge in [-0.25, -0.2) is 5.10 Å². The number of rotatable bonds is 4. The topological polar surface area (TPSA) is 84.1 Å². The molecule has 6 nitrogen and oxygen atoms in total. The van der Waals surface area contributed by atoms with Crippen molar-refractivity contribution >= 4 is 5.91 Å². The highest BCUT2D eigenvalue weighted by molar-refractivity contribution is 5.92. The van der Waals surface area contributed by atoms with Crippen molar-refractivity contribution in [3.8, 4) is 0 Å². The van der Waals surface area contributed by atoms with Gasteiger partial charge in [-0.15, -0.1) is 0 Å². The molecular weight excluding hydrogens is 222 g/mol. The average Bonchev–Trinajstić information content (AvgIpc) is 2.27. The Bertz CT molecular complexity index is 431. The maximum Gasteiger partial charge on any atom is 0.271 e. The lowest BCUT2D eigenvalue weighted by molar-refractivity contribution is -0.00867. The zero-order chi connectivity index (χ0) is 12.3. The lowest BCUT2D eigenvalue weighted by Crippen LogP contribution is -2.48. The average molecular weight is 237 g/mol. The minimum absolute atomic E-state index is 0.146. The second-order valence-electron chi connectivity index (χ2n) is 4.03. The van der Waals surface area contributed by atoms with E-state index in [2.05, 4.69) is 15.5 Å². The molecule has 1 saturated carbocycles. The number of aromatic amines is 1. The van der Waals surface area contributed by atoms with Crippen molar-refractivity contribution in [1.82, 2.24) is 15.5 Å². The van der Waals surface area contributed by atoms with E-state index < -0.39 is 0 Å². The number of hydrogen-bond acceptors (Lipinski definition) is 4. The second kappa shape index (κ2) is 5.09. The van der Waals surface area contributed by atoms with Crippen LogP contribution in [0.2, 0.25) is 0 Å². The summed E-state index contributed by atoms with van der Waals surface area (Å²) < 4.78 is 5.40. The van der Waals surface area contributed by atoms with Crippen molar-refractivity contribution in [2.75, 3.05) is 6.61 Å². The first-order valence-corrected chi connectivity index (χ1v) is 5.67. The molecule has 17 heavy (non-hydrogen) atoms. The molecule has 0 atom stereocenters. The van der Waals surface area contributed by atoms with Crippen molar-refractivity contribution in [2.45, 2.75) is 31.9 Å². The quantitative estimate of drug-likeness (QED) is 0.776. The van der Waals surface area contributed by atoms with Crippen LogP contribution in [0.3, 0.4) is 0 Å². The summed E-state index contributed by atoms with van der Waals surface area (Å²) in [5.74, 6) is -0.263. The van der Waals surface area contributed by atoms with Gasteiger partial charge in [0.25, 0.3) is 11.5 Å². The smallest absolute Gasteiger partial charge is 0.271 e. The molecule has 92 valence electrons. The van der Waals surface area contributed by atoms with Crippen LogP contribution in [-0.2, 0) is 4.74 Å². The molecule has 2 N–H and O–H groups in total. The molecule has 0 aromatic carbocycles. The van der Waals surface area contributed by atoms with E-state index in [1.165, 1.54) is 12.1 Å². The summed E-state index contributed by atoms with van der Waals surface area (Å²) in [6.07, 6.45) is 1.93. The predicted molar refractivity (Wildman–Crippen MR) is 60.8 cm³/mol. The molecule has 1 aromatic heterocycles. The van der Waals surface area contributed by atoms with E-state index in [4.69, 9.17) is 4.74 Å². The number of ether oxygens (including phenoxy) is 1. The Morgan fingerprint density at radius 2 is 2.35 bits per heavy atom. The molecule has 0 aliphatic heterocycles. The third-order valence-electron chi connectivity index (χ3n) is 2.74. The second-order valence-corrected chi connectivity index (χ2v) is 4.03. The van der Waals surface area contributed by atoms with Crippen LogP contribution in [0, 0.1) is 0 Å². The van der Waals surface area contributed by atoms with Gasteiger partial charge in [-0.2, -0.15) is 5.10 Å². The summed E-state index contributed by atoms with van der Waals surface area (Å²) in [5, 5.41) is 8.73. The summed E-state index contributed by atoms with van der Waals surface area (Å²) in [6.45, 7) is 2.66. The minimum atomic E-state index is -0.318. The largest absolute Gasteiger partial charge is 0.378 e. The van der Waals surface area contributed by atoms with Gasteiger partial charge in [0.2, 0.25) is 0 Å². The first kappa shape index (κ1) is 11.8. The number of amides is 1. The van der Waals surface area contributed by atoms with Gasteiger partial charge < -0.3 is 10.1 Å². The third kappa shape index (κ3) is 2.91. The highest BCUT2D eigenvalue weighted by Crippen LogP contribution is 2.23. The van der Waals surface area contributed by atoms with Crippen LogP contribution in [0.4, 0.5) is 0 Å². The Morgan fingerprint density at radius 3 is 2.94 bits per heavy atom. The Hall–Kier alpha value is -1.69. The molecular formula is C11H15N3O3. The van der Waals surface area contributed by atoms with E-state index in [1.807, 2.05) is 6.92 Å². The van der Waals surface area contributed by atoms with Crippen LogP contribution in [0.5, 0.6) is 0 Å². The molecule has 0 radical (unpaired) electrons. The summed E-state index contributed by atoms with van der Waals surface area (Å²) in [5.41, 5.74) is -0.0916. The van der Waals surface area contributed by atoms with Crippen LogP contribution in [0.1, 0.15) is 30.3 Å². The van der Waals surface area contributed by atoms with Crippen molar-refractivity contribution in [3.63, 3.8) is 0 Å². The Balaban J connectivity index is 1.83. The summed E-state index contributed by atoms with van der Waals surface area (Å²) >= 11 is 0. The van der Waals surface area contributed by atoms with E-state index in [0.29, 0.717) is 6.61 Å². The van der Waals surface area contributed by atoms with Crippen LogP contribution < -0.4 is 10.9 Å². The molecule has 1 aliphatic rings. The Labute approximate surface area is 98.4 Å². The van der Waals surface area contributed by atoms with Gasteiger partial charge in [0.1, 0.15) is 5.69 Å². The summed E-state index contributed by atoms with van der Waals surface area (Å²) in [6, 6.07) is 2.84. The van der Waals surface area contributed by atoms with E-state index in [0.717, 1.165) is 12.8 Å². The van der Waals surface area contributed by atoms with Gasteiger partial charge in [-0.1, -0.05) is 0 Å². The van der Waals surface area contributed by atoms with Crippen molar-refractivity contribution in [3.05, 3.63) is 28.2 Å². The zero-order valence-corrected chi connectivity index (χ0v) is 9.60. The highest BCUT2D eigenvalue weighted by Gasteiger charge is 2.31. The highest BCUT2D eigenvalue weighted by atomic mass is 16.5. The van der Waals surface area contributed by atoms with E-state index in [-0.39, 0.29) is 29.3 Å². The minimum Gasteiger partial charge on any atom is -0.378 e. The van der Waals surface area contributed by atoms with Gasteiger partial charge in [0, 0.05) is 18.7 Å². The normalized spacial score (nSPS) is 22.9. The van der Waals surface area contributed by atoms with Crippen LogP contribution in [0.25, 0.3) is 0 Å². The number of nitrogens with one attached hydrogen (secondary N) is 2.